The highest BCUT2D eigenvalue weighted by atomic mass is 32.3. The van der Waals surface area contributed by atoms with Crippen LogP contribution >= 0.6 is 12.0 Å². The second-order valence-corrected chi connectivity index (χ2v) is 10.4. The number of hydrogen-bond donors (Lipinski definition) is 0. The zero-order valence-corrected chi connectivity index (χ0v) is 19.8. The zero-order valence-electron chi connectivity index (χ0n) is 18.1. The SMILES string of the molecule is COOOSCS(=O)(=O)Oc1ccc(C(=O)OCOC2CC(C)CCC2C(C)C)cc1. The maximum absolute atomic E-state index is 12.3. The molecule has 9 nitrogen and oxygen atoms in total. The van der Waals surface area contributed by atoms with Gasteiger partial charge < -0.3 is 13.7 Å². The molecule has 1 saturated carbocycles. The van der Waals surface area contributed by atoms with Crippen LogP contribution < -0.4 is 4.18 Å². The third-order valence-electron chi connectivity index (χ3n) is 5.08. The van der Waals surface area contributed by atoms with Gasteiger partial charge in [-0.1, -0.05) is 32.2 Å². The van der Waals surface area contributed by atoms with Crippen LogP contribution in [0.5, 0.6) is 5.75 Å². The van der Waals surface area contributed by atoms with Crippen molar-refractivity contribution in [2.24, 2.45) is 17.8 Å². The molecule has 176 valence electrons. The van der Waals surface area contributed by atoms with Crippen LogP contribution in [0.2, 0.25) is 0 Å². The Labute approximate surface area is 187 Å². The molecule has 11 heteroatoms. The van der Waals surface area contributed by atoms with E-state index in [1.54, 1.807) is 0 Å². The molecule has 1 aliphatic rings. The molecule has 0 radical (unpaired) electrons. The molecule has 1 aromatic rings. The van der Waals surface area contributed by atoms with E-state index >= 15 is 0 Å². The molecular formula is C20H30O9S2. The summed E-state index contributed by atoms with van der Waals surface area (Å²) >= 11 is 0.486. The van der Waals surface area contributed by atoms with E-state index < -0.39 is 21.2 Å². The van der Waals surface area contributed by atoms with Gasteiger partial charge in [-0.3, -0.25) is 0 Å². The summed E-state index contributed by atoms with van der Waals surface area (Å²) in [5.74, 6) is 1.06. The largest absolute Gasteiger partial charge is 0.435 e. The molecule has 1 fully saturated rings. The van der Waals surface area contributed by atoms with Crippen molar-refractivity contribution in [3.63, 3.8) is 0 Å². The van der Waals surface area contributed by atoms with Gasteiger partial charge in [0.15, 0.2) is 11.9 Å². The first-order valence-electron chi connectivity index (χ1n) is 10.0. The van der Waals surface area contributed by atoms with Gasteiger partial charge in [-0.25, -0.2) is 9.68 Å². The lowest BCUT2D eigenvalue weighted by Crippen LogP contribution is -2.35. The van der Waals surface area contributed by atoms with Gasteiger partial charge in [0.2, 0.25) is 0 Å². The Balaban J connectivity index is 1.81. The topological polar surface area (TPSA) is 107 Å². The van der Waals surface area contributed by atoms with Gasteiger partial charge in [0.25, 0.3) is 0 Å². The normalized spacial score (nSPS) is 21.8. The van der Waals surface area contributed by atoms with Gasteiger partial charge >= 0.3 is 16.1 Å². The minimum atomic E-state index is -3.93. The quantitative estimate of drug-likeness (QED) is 0.0829. The van der Waals surface area contributed by atoms with Crippen LogP contribution in [-0.4, -0.2) is 39.5 Å². The van der Waals surface area contributed by atoms with Crippen molar-refractivity contribution in [1.29, 1.82) is 0 Å². The molecule has 1 aliphatic carbocycles. The molecule has 3 unspecified atom stereocenters. The van der Waals surface area contributed by atoms with E-state index in [4.69, 9.17) is 13.7 Å². The van der Waals surface area contributed by atoms with Gasteiger partial charge in [0.1, 0.15) is 5.75 Å². The van der Waals surface area contributed by atoms with Crippen LogP contribution in [0, 0.1) is 17.8 Å². The van der Waals surface area contributed by atoms with Crippen LogP contribution in [0.3, 0.4) is 0 Å². The Kier molecular flexibility index (Phi) is 10.5. The van der Waals surface area contributed by atoms with Gasteiger partial charge in [-0.2, -0.15) is 8.42 Å². The van der Waals surface area contributed by atoms with E-state index in [0.717, 1.165) is 12.8 Å². The van der Waals surface area contributed by atoms with Gasteiger partial charge in [-0.15, -0.1) is 4.33 Å². The molecular weight excluding hydrogens is 448 g/mol. The van der Waals surface area contributed by atoms with E-state index in [1.165, 1.54) is 37.8 Å². The first-order valence-corrected chi connectivity index (χ1v) is 12.5. The van der Waals surface area contributed by atoms with Crippen molar-refractivity contribution >= 4 is 28.1 Å². The monoisotopic (exact) mass is 478 g/mol. The first-order chi connectivity index (χ1) is 14.7. The van der Waals surface area contributed by atoms with Crippen molar-refractivity contribution in [1.82, 2.24) is 0 Å². The zero-order chi connectivity index (χ0) is 22.9. The van der Waals surface area contributed by atoms with Crippen molar-refractivity contribution in [2.75, 3.05) is 19.0 Å². The molecule has 0 spiro atoms. The molecule has 3 atom stereocenters. The summed E-state index contributed by atoms with van der Waals surface area (Å²) in [5, 5.41) is 3.58. The van der Waals surface area contributed by atoms with Crippen molar-refractivity contribution < 1.29 is 41.1 Å². The Bertz CT molecular complexity index is 780. The molecule has 0 N–H and O–H groups in total. The molecule has 0 aromatic heterocycles. The van der Waals surface area contributed by atoms with Crippen LogP contribution in [0.4, 0.5) is 0 Å². The van der Waals surface area contributed by atoms with Gasteiger partial charge in [0.05, 0.1) is 30.8 Å². The fraction of sp³-hybridized carbons (Fsp3) is 0.650. The number of benzene rings is 1. The predicted octanol–water partition coefficient (Wildman–Crippen LogP) is 4.10. The summed E-state index contributed by atoms with van der Waals surface area (Å²) in [5.41, 5.74) is 0.261. The summed E-state index contributed by atoms with van der Waals surface area (Å²) in [6.07, 6.45) is 3.35. The van der Waals surface area contributed by atoms with Crippen molar-refractivity contribution in [3.8, 4) is 5.75 Å². The molecule has 0 bridgehead atoms. The lowest BCUT2D eigenvalue weighted by Gasteiger charge is -2.36. The fourth-order valence-electron chi connectivity index (χ4n) is 3.51. The number of carbonyl (C=O) groups excluding carboxylic acids is 1. The van der Waals surface area contributed by atoms with E-state index in [9.17, 15) is 13.2 Å². The average molecular weight is 479 g/mol. The van der Waals surface area contributed by atoms with E-state index in [1.807, 2.05) is 0 Å². The number of esters is 1. The Morgan fingerprint density at radius 2 is 1.90 bits per heavy atom. The molecule has 0 aliphatic heterocycles. The Morgan fingerprint density at radius 1 is 1.19 bits per heavy atom. The van der Waals surface area contributed by atoms with Crippen LogP contribution in [0.15, 0.2) is 24.3 Å². The second-order valence-electron chi connectivity index (χ2n) is 7.78. The Hall–Kier alpha value is -1.37. The molecule has 0 saturated heterocycles. The van der Waals surface area contributed by atoms with Gasteiger partial charge in [-0.05, 0) is 54.9 Å². The lowest BCUT2D eigenvalue weighted by atomic mass is 9.75. The highest BCUT2D eigenvalue weighted by molar-refractivity contribution is 8.08. The summed E-state index contributed by atoms with van der Waals surface area (Å²) in [7, 11) is -2.71. The minimum absolute atomic E-state index is 0.0528. The molecule has 1 aromatic carbocycles. The number of ether oxygens (including phenoxy) is 2. The molecule has 0 heterocycles. The third-order valence-corrected chi connectivity index (χ3v) is 7.22. The summed E-state index contributed by atoms with van der Waals surface area (Å²) < 4.78 is 44.1. The maximum Gasteiger partial charge on any atom is 0.340 e. The number of hydrogen-bond acceptors (Lipinski definition) is 10. The average Bonchev–Trinajstić information content (AvgIpc) is 2.71. The van der Waals surface area contributed by atoms with E-state index in [0.29, 0.717) is 29.8 Å². The van der Waals surface area contributed by atoms with Gasteiger partial charge in [0, 0.05) is 0 Å². The van der Waals surface area contributed by atoms with Crippen LogP contribution in [0.1, 0.15) is 50.4 Å². The van der Waals surface area contributed by atoms with Crippen LogP contribution in [0.25, 0.3) is 0 Å². The highest BCUT2D eigenvalue weighted by Crippen LogP contribution is 2.35. The lowest BCUT2D eigenvalue weighted by molar-refractivity contribution is -0.447. The van der Waals surface area contributed by atoms with E-state index in [-0.39, 0.29) is 24.2 Å². The third kappa shape index (κ3) is 8.95. The molecule has 0 amide bonds. The molecule has 31 heavy (non-hydrogen) atoms. The molecule has 2 rings (SSSR count). The number of carbonyl (C=O) groups is 1. The van der Waals surface area contributed by atoms with Crippen LogP contribution in [-0.2, 0) is 33.9 Å². The first kappa shape index (κ1) is 25.9. The van der Waals surface area contributed by atoms with Crippen molar-refractivity contribution in [3.05, 3.63) is 29.8 Å². The predicted molar refractivity (Wildman–Crippen MR) is 114 cm³/mol. The fourth-order valence-corrected chi connectivity index (χ4v) is 4.83. The van der Waals surface area contributed by atoms with E-state index in [2.05, 4.69) is 35.0 Å². The summed E-state index contributed by atoms with van der Waals surface area (Å²) in [6.45, 7) is 6.46. The van der Waals surface area contributed by atoms with Crippen molar-refractivity contribution in [2.45, 2.75) is 46.1 Å². The Morgan fingerprint density at radius 3 is 2.55 bits per heavy atom. The summed E-state index contributed by atoms with van der Waals surface area (Å²) in [6, 6.07) is 5.57. The summed E-state index contributed by atoms with van der Waals surface area (Å²) in [4.78, 5) is 16.4. The highest BCUT2D eigenvalue weighted by Gasteiger charge is 2.31. The maximum atomic E-state index is 12.3. The smallest absolute Gasteiger partial charge is 0.340 e. The minimum Gasteiger partial charge on any atom is -0.435 e. The second kappa shape index (κ2) is 12.6. The standard InChI is InChI=1S/C20H30O9S2/c1-14(2)18-10-5-15(3)11-19(18)25-12-26-20(21)16-6-8-17(9-7-16)27-31(22,23)13-30-29-28-24-4/h6-9,14-15,18-19H,5,10-13H2,1-4H3. The number of rotatable bonds is 12.